The molecule has 6 nitrogen and oxygen atoms in total. The van der Waals surface area contributed by atoms with E-state index in [4.69, 9.17) is 4.74 Å². The summed E-state index contributed by atoms with van der Waals surface area (Å²) in [5, 5.41) is 4.35. The third kappa shape index (κ3) is 4.76. The van der Waals surface area contributed by atoms with E-state index in [1.807, 2.05) is 0 Å². The number of halogens is 4. The first kappa shape index (κ1) is 20.4. The predicted octanol–water partition coefficient (Wildman–Crippen LogP) is 3.47. The Morgan fingerprint density at radius 1 is 1.17 bits per heavy atom. The summed E-state index contributed by atoms with van der Waals surface area (Å²) >= 11 is 0. The highest BCUT2D eigenvalue weighted by molar-refractivity contribution is 5.97. The second-order valence-electron chi connectivity index (χ2n) is 6.48. The monoisotopic (exact) mass is 411 g/mol. The largest absolute Gasteiger partial charge is 0.481 e. The maximum absolute atomic E-state index is 13.6. The first-order valence-corrected chi connectivity index (χ1v) is 8.56. The minimum Gasteiger partial charge on any atom is -0.481 e. The molecule has 1 aliphatic rings. The zero-order chi connectivity index (χ0) is 21.2. The van der Waals surface area contributed by atoms with Gasteiger partial charge in [0.2, 0.25) is 0 Å². The molecule has 0 radical (unpaired) electrons. The van der Waals surface area contributed by atoms with E-state index >= 15 is 0 Å². The van der Waals surface area contributed by atoms with Crippen LogP contribution in [0.4, 0.5) is 28.0 Å². The van der Waals surface area contributed by atoms with Gasteiger partial charge in [0.05, 0.1) is 11.7 Å². The highest BCUT2D eigenvalue weighted by Crippen LogP contribution is 2.38. The lowest BCUT2D eigenvalue weighted by Crippen LogP contribution is -2.50. The average Bonchev–Trinajstić information content (AvgIpc) is 2.67. The molecule has 0 aromatic heterocycles. The zero-order valence-electron chi connectivity index (χ0n) is 15.2. The molecular formula is C19H17F4N3O3. The molecule has 1 aliphatic heterocycles. The number of benzene rings is 2. The summed E-state index contributed by atoms with van der Waals surface area (Å²) in [6.07, 6.45) is -5.78. The Balaban J connectivity index is 1.80. The van der Waals surface area contributed by atoms with Gasteiger partial charge in [-0.2, -0.15) is 13.2 Å². The van der Waals surface area contributed by atoms with Crippen molar-refractivity contribution >= 4 is 17.6 Å². The Morgan fingerprint density at radius 2 is 1.86 bits per heavy atom. The Kier molecular flexibility index (Phi) is 5.62. The molecule has 10 heteroatoms. The number of hydrogen-bond donors (Lipinski definition) is 2. The molecule has 3 rings (SSSR count). The number of nitrogens with zero attached hydrogens (tertiary/aromatic N) is 1. The van der Waals surface area contributed by atoms with E-state index in [0.29, 0.717) is 11.4 Å². The summed E-state index contributed by atoms with van der Waals surface area (Å²) in [6.45, 7) is -0.119. The smallest absolute Gasteiger partial charge is 0.471 e. The van der Waals surface area contributed by atoms with Crippen LogP contribution in [0.1, 0.15) is 11.7 Å². The predicted molar refractivity (Wildman–Crippen MR) is 95.8 cm³/mol. The number of alkyl halides is 3. The van der Waals surface area contributed by atoms with Gasteiger partial charge >= 0.3 is 18.1 Å². The van der Waals surface area contributed by atoms with Crippen LogP contribution in [-0.2, 0) is 4.79 Å². The van der Waals surface area contributed by atoms with Gasteiger partial charge in [0, 0.05) is 19.7 Å². The SMILES string of the molecule is CN(CC1Nc2cc(F)ccc2OC1c1ccccc1)C(=O)NC(=O)C(F)(F)F. The fraction of sp³-hybridized carbons (Fsp3) is 0.263. The number of nitrogens with one attached hydrogen (secondary N) is 2. The molecule has 1 heterocycles. The van der Waals surface area contributed by atoms with E-state index in [1.54, 1.807) is 30.3 Å². The topological polar surface area (TPSA) is 70.7 Å². The van der Waals surface area contributed by atoms with Gasteiger partial charge in [-0.3, -0.25) is 10.1 Å². The van der Waals surface area contributed by atoms with Crippen LogP contribution in [0, 0.1) is 5.82 Å². The maximum atomic E-state index is 13.6. The lowest BCUT2D eigenvalue weighted by molar-refractivity contribution is -0.172. The first-order valence-electron chi connectivity index (χ1n) is 8.56. The summed E-state index contributed by atoms with van der Waals surface area (Å²) in [7, 11) is 1.24. The van der Waals surface area contributed by atoms with Crippen LogP contribution in [0.5, 0.6) is 5.75 Å². The minimum absolute atomic E-state index is 0.119. The number of ether oxygens (including phenoxy) is 1. The standard InChI is InChI=1S/C19H17F4N3O3/c1-26(18(28)25-17(27)19(21,22)23)10-14-16(11-5-3-2-4-6-11)29-15-8-7-12(20)9-13(15)24-14/h2-9,14,16,24H,10H2,1H3,(H,25,27,28). The Labute approximate surface area is 163 Å². The van der Waals surface area contributed by atoms with Crippen LogP contribution in [-0.4, -0.2) is 42.6 Å². The Morgan fingerprint density at radius 3 is 2.52 bits per heavy atom. The van der Waals surface area contributed by atoms with Gasteiger partial charge in [0.1, 0.15) is 17.7 Å². The van der Waals surface area contributed by atoms with Crippen LogP contribution in [0.25, 0.3) is 0 Å². The highest BCUT2D eigenvalue weighted by atomic mass is 19.4. The average molecular weight is 411 g/mol. The fourth-order valence-corrected chi connectivity index (χ4v) is 2.94. The van der Waals surface area contributed by atoms with Crippen molar-refractivity contribution in [3.63, 3.8) is 0 Å². The van der Waals surface area contributed by atoms with Crippen molar-refractivity contribution in [2.24, 2.45) is 0 Å². The third-order valence-corrected chi connectivity index (χ3v) is 4.33. The summed E-state index contributed by atoms with van der Waals surface area (Å²) in [6, 6.07) is 11.0. The lowest BCUT2D eigenvalue weighted by Gasteiger charge is -2.37. The number of urea groups is 1. The number of anilines is 1. The maximum Gasteiger partial charge on any atom is 0.471 e. The summed E-state index contributed by atoms with van der Waals surface area (Å²) < 4.78 is 56.6. The van der Waals surface area contributed by atoms with Gasteiger partial charge in [-0.05, 0) is 17.7 Å². The zero-order valence-corrected chi connectivity index (χ0v) is 15.2. The molecule has 0 saturated carbocycles. The van der Waals surface area contributed by atoms with Crippen LogP contribution in [0.2, 0.25) is 0 Å². The minimum atomic E-state index is -5.17. The molecule has 0 bridgehead atoms. The van der Waals surface area contributed by atoms with Crippen molar-refractivity contribution in [2.75, 3.05) is 18.9 Å². The Hall–Kier alpha value is -3.30. The van der Waals surface area contributed by atoms with E-state index in [0.717, 1.165) is 10.5 Å². The normalized spacial score (nSPS) is 18.1. The molecule has 2 aromatic carbocycles. The van der Waals surface area contributed by atoms with Gasteiger partial charge < -0.3 is 15.0 Å². The molecule has 0 fully saturated rings. The molecule has 0 spiro atoms. The second kappa shape index (κ2) is 7.98. The number of hydrogen-bond acceptors (Lipinski definition) is 4. The number of fused-ring (bicyclic) bond motifs is 1. The van der Waals surface area contributed by atoms with Crippen LogP contribution >= 0.6 is 0 Å². The van der Waals surface area contributed by atoms with Gasteiger partial charge in [-0.15, -0.1) is 0 Å². The molecule has 2 aromatic rings. The van der Waals surface area contributed by atoms with Crippen molar-refractivity contribution in [2.45, 2.75) is 18.3 Å². The molecule has 2 atom stereocenters. The number of carbonyl (C=O) groups excluding carboxylic acids is 2. The van der Waals surface area contributed by atoms with Crippen molar-refractivity contribution < 1.29 is 31.9 Å². The lowest BCUT2D eigenvalue weighted by atomic mass is 9.99. The highest BCUT2D eigenvalue weighted by Gasteiger charge is 2.40. The van der Waals surface area contributed by atoms with Gasteiger partial charge in [0.15, 0.2) is 0 Å². The van der Waals surface area contributed by atoms with Gasteiger partial charge in [-0.25, -0.2) is 9.18 Å². The molecule has 3 amide bonds. The summed E-state index contributed by atoms with van der Waals surface area (Å²) in [5.41, 5.74) is 1.10. The van der Waals surface area contributed by atoms with E-state index < -0.39 is 36.1 Å². The molecule has 2 N–H and O–H groups in total. The van der Waals surface area contributed by atoms with Crippen LogP contribution in [0.3, 0.4) is 0 Å². The van der Waals surface area contributed by atoms with Crippen molar-refractivity contribution in [1.82, 2.24) is 10.2 Å². The van der Waals surface area contributed by atoms with Gasteiger partial charge in [-0.1, -0.05) is 30.3 Å². The van der Waals surface area contributed by atoms with Gasteiger partial charge in [0.25, 0.3) is 0 Å². The summed E-state index contributed by atoms with van der Waals surface area (Å²) in [4.78, 5) is 23.9. The van der Waals surface area contributed by atoms with E-state index in [-0.39, 0.29) is 6.54 Å². The number of amides is 3. The fourth-order valence-electron chi connectivity index (χ4n) is 2.94. The molecule has 154 valence electrons. The van der Waals surface area contributed by atoms with Crippen molar-refractivity contribution in [3.8, 4) is 5.75 Å². The number of imide groups is 1. The van der Waals surface area contributed by atoms with Crippen LogP contribution < -0.4 is 15.4 Å². The van der Waals surface area contributed by atoms with E-state index in [1.165, 1.54) is 30.6 Å². The van der Waals surface area contributed by atoms with E-state index in [9.17, 15) is 27.2 Å². The number of carbonyl (C=O) groups is 2. The molecule has 0 aliphatic carbocycles. The van der Waals surface area contributed by atoms with Crippen molar-refractivity contribution in [3.05, 3.63) is 59.9 Å². The quantitative estimate of drug-likeness (QED) is 0.759. The molecule has 0 saturated heterocycles. The molecule has 29 heavy (non-hydrogen) atoms. The van der Waals surface area contributed by atoms with Crippen LogP contribution in [0.15, 0.2) is 48.5 Å². The number of rotatable bonds is 3. The first-order chi connectivity index (χ1) is 13.6. The van der Waals surface area contributed by atoms with Crippen molar-refractivity contribution in [1.29, 1.82) is 0 Å². The number of likely N-dealkylation sites (N-methyl/N-ethyl adjacent to an activating group) is 1. The summed E-state index contributed by atoms with van der Waals surface area (Å²) in [5.74, 6) is -2.45. The third-order valence-electron chi connectivity index (χ3n) is 4.33. The molecule has 2 unspecified atom stereocenters. The Bertz CT molecular complexity index is 905. The van der Waals surface area contributed by atoms with E-state index in [2.05, 4.69) is 5.32 Å². The second-order valence-corrected chi connectivity index (χ2v) is 6.48. The molecular weight excluding hydrogens is 394 g/mol.